The fourth-order valence-corrected chi connectivity index (χ4v) is 9.53. The fraction of sp³-hybridized carbons (Fsp3) is 0.974. The second kappa shape index (κ2) is 16.8. The van der Waals surface area contributed by atoms with Gasteiger partial charge < -0.3 is 53.4 Å². The summed E-state index contributed by atoms with van der Waals surface area (Å²) in [6, 6.07) is -0.185. The van der Waals surface area contributed by atoms with Crippen molar-refractivity contribution in [2.24, 2.45) is 23.7 Å². The molecule has 3 N–H and O–H groups in total. The number of cyclic esters (lactones) is 1. The molecule has 4 fully saturated rings. The molecule has 4 saturated heterocycles. The van der Waals surface area contributed by atoms with Gasteiger partial charge in [-0.05, 0) is 80.3 Å². The van der Waals surface area contributed by atoms with Crippen LogP contribution in [-0.4, -0.2) is 131 Å². The molecule has 0 aliphatic carbocycles. The highest BCUT2D eigenvalue weighted by Crippen LogP contribution is 2.48. The third-order valence-electron chi connectivity index (χ3n) is 12.7. The molecule has 298 valence electrons. The molecule has 0 aromatic rings. The zero-order valence-electron chi connectivity index (χ0n) is 33.7. The number of ether oxygens (including phenoxy) is 7. The molecule has 4 aliphatic heterocycles. The summed E-state index contributed by atoms with van der Waals surface area (Å²) in [5.74, 6) is -2.46. The van der Waals surface area contributed by atoms with Gasteiger partial charge in [0.15, 0.2) is 12.6 Å². The van der Waals surface area contributed by atoms with E-state index in [0.29, 0.717) is 38.5 Å². The normalized spacial score (nSPS) is 50.3. The molecule has 4 aliphatic rings. The molecule has 5 unspecified atom stereocenters. The van der Waals surface area contributed by atoms with Crippen LogP contribution in [0.2, 0.25) is 0 Å². The number of hydrogen-bond acceptors (Lipinski definition) is 12. The highest BCUT2D eigenvalue weighted by Gasteiger charge is 2.57. The van der Waals surface area contributed by atoms with E-state index in [9.17, 15) is 20.1 Å². The van der Waals surface area contributed by atoms with Gasteiger partial charge in [-0.25, -0.2) is 0 Å². The Morgan fingerprint density at radius 2 is 1.59 bits per heavy atom. The van der Waals surface area contributed by atoms with Gasteiger partial charge in [0.25, 0.3) is 0 Å². The average molecular weight is 730 g/mol. The first-order valence-electron chi connectivity index (χ1n) is 19.6. The Bertz CT molecular complexity index is 1140. The zero-order valence-corrected chi connectivity index (χ0v) is 33.7. The molecule has 4 rings (SSSR count). The molecule has 0 spiro atoms. The predicted octanol–water partition coefficient (Wildman–Crippen LogP) is 4.43. The first-order chi connectivity index (χ1) is 23.7. The van der Waals surface area contributed by atoms with Crippen LogP contribution in [0.25, 0.3) is 0 Å². The van der Waals surface area contributed by atoms with E-state index >= 15 is 0 Å². The van der Waals surface area contributed by atoms with E-state index in [4.69, 9.17) is 33.2 Å². The number of rotatable bonds is 9. The van der Waals surface area contributed by atoms with Crippen molar-refractivity contribution in [1.29, 1.82) is 0 Å². The Balaban J connectivity index is 1.83. The van der Waals surface area contributed by atoms with Crippen LogP contribution in [0, 0.1) is 23.7 Å². The number of hydrogen-bond donors (Lipinski definition) is 3. The van der Waals surface area contributed by atoms with E-state index in [2.05, 4.69) is 18.7 Å². The minimum atomic E-state index is -1.75. The van der Waals surface area contributed by atoms with Gasteiger partial charge in [-0.1, -0.05) is 41.0 Å². The smallest absolute Gasteiger partial charge is 0.311 e. The lowest BCUT2D eigenvalue weighted by Crippen LogP contribution is -2.59. The van der Waals surface area contributed by atoms with E-state index < -0.39 is 89.7 Å². The Labute approximate surface area is 307 Å². The van der Waals surface area contributed by atoms with Gasteiger partial charge in [0.2, 0.25) is 0 Å². The van der Waals surface area contributed by atoms with Crippen LogP contribution in [-0.2, 0) is 38.0 Å². The Morgan fingerprint density at radius 1 is 0.922 bits per heavy atom. The standard InChI is InChI=1S/C39H71NO11/c1-14-16-28-39(11,44)33(42)24(6)31-21(3)18-38(10,51-31)34(50-36-30(41)27(40(12)15-2)17-22(4)47-36)25(7)32(26(8)35(43)48-28)49-29-20-37(9,45-13)19-23(5)46-29/h21-34,36,41-42,44H,14-20H2,1-13H3/t21?,22-,23+,24+,25+,26-,27+,28?,29?,30-,31?,32+,33-,34-,36?,37+,38-,39-/m1/s1. The van der Waals surface area contributed by atoms with E-state index in [1.807, 2.05) is 55.5 Å². The quantitative estimate of drug-likeness (QED) is 0.289. The molecular formula is C39H71NO11. The zero-order chi connectivity index (χ0) is 38.2. The maximum Gasteiger partial charge on any atom is 0.311 e. The second-order valence-corrected chi connectivity index (χ2v) is 17.2. The highest BCUT2D eigenvalue weighted by atomic mass is 16.7. The maximum atomic E-state index is 14.3. The molecule has 0 radical (unpaired) electrons. The summed E-state index contributed by atoms with van der Waals surface area (Å²) < 4.78 is 45.6. The Kier molecular flexibility index (Phi) is 14.1. The highest BCUT2D eigenvalue weighted by molar-refractivity contribution is 5.73. The molecule has 0 saturated carbocycles. The lowest BCUT2D eigenvalue weighted by molar-refractivity contribution is -0.312. The summed E-state index contributed by atoms with van der Waals surface area (Å²) in [6.07, 6.45) is -3.85. The first-order valence-corrected chi connectivity index (χ1v) is 19.6. The van der Waals surface area contributed by atoms with Crippen molar-refractivity contribution < 1.29 is 53.3 Å². The maximum absolute atomic E-state index is 14.3. The van der Waals surface area contributed by atoms with Crippen molar-refractivity contribution in [3.05, 3.63) is 0 Å². The number of esters is 1. The van der Waals surface area contributed by atoms with E-state index in [-0.39, 0.29) is 24.2 Å². The topological polar surface area (TPSA) is 146 Å². The molecule has 2 bridgehead atoms. The molecule has 0 aromatic heterocycles. The second-order valence-electron chi connectivity index (χ2n) is 17.2. The van der Waals surface area contributed by atoms with Crippen molar-refractivity contribution in [3.8, 4) is 0 Å². The largest absolute Gasteiger partial charge is 0.459 e. The van der Waals surface area contributed by atoms with Crippen molar-refractivity contribution >= 4 is 5.97 Å². The third-order valence-corrected chi connectivity index (χ3v) is 12.7. The number of fused-ring (bicyclic) bond motifs is 2. The molecule has 18 atom stereocenters. The molecular weight excluding hydrogens is 658 g/mol. The molecule has 0 aromatic carbocycles. The first kappa shape index (κ1) is 42.8. The summed E-state index contributed by atoms with van der Waals surface area (Å²) in [4.78, 5) is 16.4. The van der Waals surface area contributed by atoms with Gasteiger partial charge in [0.1, 0.15) is 17.8 Å². The van der Waals surface area contributed by atoms with Crippen molar-refractivity contribution in [3.63, 3.8) is 0 Å². The van der Waals surface area contributed by atoms with Crippen LogP contribution in [0.4, 0.5) is 0 Å². The van der Waals surface area contributed by atoms with Gasteiger partial charge >= 0.3 is 5.97 Å². The lowest BCUT2D eigenvalue weighted by Gasteiger charge is -2.48. The van der Waals surface area contributed by atoms with Crippen LogP contribution in [0.15, 0.2) is 0 Å². The fourth-order valence-electron chi connectivity index (χ4n) is 9.53. The van der Waals surface area contributed by atoms with Crippen LogP contribution < -0.4 is 0 Å². The summed E-state index contributed by atoms with van der Waals surface area (Å²) >= 11 is 0. The Hall–Kier alpha value is -0.930. The number of likely N-dealkylation sites (N-methyl/N-ethyl adjacent to an activating group) is 1. The predicted molar refractivity (Wildman–Crippen MR) is 192 cm³/mol. The summed E-state index contributed by atoms with van der Waals surface area (Å²) in [6.45, 7) is 22.0. The van der Waals surface area contributed by atoms with Crippen molar-refractivity contribution in [2.75, 3.05) is 20.7 Å². The van der Waals surface area contributed by atoms with E-state index in [1.54, 1.807) is 21.0 Å². The number of carbonyl (C=O) groups is 1. The number of aliphatic hydroxyl groups excluding tert-OH is 2. The minimum absolute atomic E-state index is 0.0271. The van der Waals surface area contributed by atoms with E-state index in [0.717, 1.165) is 6.54 Å². The number of methoxy groups -OCH3 is 1. The van der Waals surface area contributed by atoms with Crippen molar-refractivity contribution in [2.45, 2.75) is 199 Å². The van der Waals surface area contributed by atoms with Crippen LogP contribution in [0.1, 0.15) is 115 Å². The summed E-state index contributed by atoms with van der Waals surface area (Å²) in [5.41, 5.74) is -3.20. The molecule has 12 nitrogen and oxygen atoms in total. The Morgan fingerprint density at radius 3 is 2.20 bits per heavy atom. The van der Waals surface area contributed by atoms with Crippen molar-refractivity contribution in [1.82, 2.24) is 4.90 Å². The molecule has 0 amide bonds. The lowest BCUT2D eigenvalue weighted by atomic mass is 9.76. The minimum Gasteiger partial charge on any atom is -0.459 e. The molecule has 4 heterocycles. The average Bonchev–Trinajstić information content (AvgIpc) is 3.38. The summed E-state index contributed by atoms with van der Waals surface area (Å²) in [5, 5.41) is 35.4. The van der Waals surface area contributed by atoms with Crippen LogP contribution in [0.5, 0.6) is 0 Å². The number of aliphatic hydroxyl groups is 3. The SMILES string of the molecule is CCCC1OC(=O)[C@H](C)[C@@H](OC2C[C@@](C)(OC)C[C@H](C)O2)[C@H](C)[C@@H](OC2O[C@H](C)C[C@H](N(C)CC)[C@H]2O)[C@@]2(C)CC(C)C(O2)[C@H](C)[C@@H](O)[C@]1(C)O. The van der Waals surface area contributed by atoms with Gasteiger partial charge in [0, 0.05) is 37.8 Å². The summed E-state index contributed by atoms with van der Waals surface area (Å²) in [7, 11) is 3.67. The van der Waals surface area contributed by atoms with Gasteiger partial charge in [0.05, 0.1) is 53.7 Å². The van der Waals surface area contributed by atoms with Gasteiger partial charge in [-0.3, -0.25) is 4.79 Å². The van der Waals surface area contributed by atoms with Gasteiger partial charge in [-0.2, -0.15) is 0 Å². The number of carbonyl (C=O) groups excluding carboxylic acids is 1. The van der Waals surface area contributed by atoms with E-state index in [1.165, 1.54) is 0 Å². The number of nitrogens with zero attached hydrogens (tertiary/aromatic N) is 1. The molecule has 12 heteroatoms. The van der Waals surface area contributed by atoms with Gasteiger partial charge in [-0.15, -0.1) is 0 Å². The van der Waals surface area contributed by atoms with Crippen LogP contribution >= 0.6 is 0 Å². The third kappa shape index (κ3) is 9.14. The van der Waals surface area contributed by atoms with Crippen LogP contribution in [0.3, 0.4) is 0 Å². The monoisotopic (exact) mass is 730 g/mol. The molecule has 51 heavy (non-hydrogen) atoms.